The molecule has 0 aliphatic carbocycles. The van der Waals surface area contributed by atoms with Crippen LogP contribution in [0.15, 0.2) is 42.5 Å². The molecule has 1 N–H and O–H groups in total. The molecule has 0 fully saturated rings. The minimum atomic E-state index is -3.64. The smallest absolute Gasteiger partial charge is 0.242 e. The second-order valence-electron chi connectivity index (χ2n) is 8.90. The Kier molecular flexibility index (Phi) is 11.5. The van der Waals surface area contributed by atoms with Gasteiger partial charge in [0, 0.05) is 30.6 Å². The van der Waals surface area contributed by atoms with Gasteiger partial charge in [0.1, 0.15) is 11.8 Å². The predicted octanol–water partition coefficient (Wildman–Crippen LogP) is 4.88. The fourth-order valence-electron chi connectivity index (χ4n) is 3.65. The average Bonchev–Trinajstić information content (AvgIpc) is 2.84. The number of benzene rings is 2. The van der Waals surface area contributed by atoms with Crippen molar-refractivity contribution in [1.82, 2.24) is 10.2 Å². The second kappa shape index (κ2) is 13.9. The molecule has 11 heteroatoms. The van der Waals surface area contributed by atoms with Crippen molar-refractivity contribution in [3.8, 4) is 5.75 Å². The lowest BCUT2D eigenvalue weighted by molar-refractivity contribution is -0.140. The highest BCUT2D eigenvalue weighted by Crippen LogP contribution is 2.30. The van der Waals surface area contributed by atoms with Gasteiger partial charge in [-0.25, -0.2) is 8.42 Å². The van der Waals surface area contributed by atoms with Crippen molar-refractivity contribution in [2.24, 2.45) is 0 Å². The maximum atomic E-state index is 13.3. The van der Waals surface area contributed by atoms with E-state index < -0.39 is 16.1 Å². The Morgan fingerprint density at radius 1 is 1.08 bits per heavy atom. The minimum absolute atomic E-state index is 0.0259. The number of amides is 2. The van der Waals surface area contributed by atoms with E-state index in [9.17, 15) is 18.0 Å². The zero-order chi connectivity index (χ0) is 27.8. The van der Waals surface area contributed by atoms with E-state index in [1.807, 2.05) is 13.8 Å². The van der Waals surface area contributed by atoms with Crippen LogP contribution in [0.25, 0.3) is 0 Å². The molecule has 2 atom stereocenters. The first kappa shape index (κ1) is 30.7. The number of anilines is 1. The number of sulfonamides is 1. The Morgan fingerprint density at radius 3 is 2.27 bits per heavy atom. The van der Waals surface area contributed by atoms with Crippen LogP contribution in [-0.4, -0.2) is 57.1 Å². The van der Waals surface area contributed by atoms with Gasteiger partial charge in [-0.05, 0) is 62.6 Å². The highest BCUT2D eigenvalue weighted by Gasteiger charge is 2.27. The van der Waals surface area contributed by atoms with Crippen molar-refractivity contribution in [2.45, 2.75) is 58.7 Å². The standard InChI is InChI=1S/C26H35Cl2N3O5S/c1-6-18(2)29-26(33)19(3)30(17-20-9-11-21(27)12-10-20)25(32)8-7-15-31(37(5,34)35)22-13-14-24(36-4)23(28)16-22/h9-14,16,18-19H,6-8,15,17H2,1-5H3,(H,29,33). The number of hydrogen-bond donors (Lipinski definition) is 1. The molecule has 2 rings (SSSR count). The third kappa shape index (κ3) is 9.09. The van der Waals surface area contributed by atoms with E-state index in [1.54, 1.807) is 43.3 Å². The maximum Gasteiger partial charge on any atom is 0.242 e. The van der Waals surface area contributed by atoms with E-state index in [2.05, 4.69) is 5.32 Å². The summed E-state index contributed by atoms with van der Waals surface area (Å²) in [5.41, 5.74) is 1.20. The van der Waals surface area contributed by atoms with Gasteiger partial charge in [-0.1, -0.05) is 42.3 Å². The van der Waals surface area contributed by atoms with Crippen LogP contribution < -0.4 is 14.4 Å². The number of carbonyl (C=O) groups is 2. The molecule has 2 aromatic rings. The van der Waals surface area contributed by atoms with Gasteiger partial charge in [0.05, 0.1) is 24.1 Å². The minimum Gasteiger partial charge on any atom is -0.495 e. The van der Waals surface area contributed by atoms with Gasteiger partial charge >= 0.3 is 0 Å². The molecule has 2 unspecified atom stereocenters. The summed E-state index contributed by atoms with van der Waals surface area (Å²) >= 11 is 12.2. The molecule has 2 amide bonds. The van der Waals surface area contributed by atoms with Crippen LogP contribution >= 0.6 is 23.2 Å². The Labute approximate surface area is 229 Å². The zero-order valence-electron chi connectivity index (χ0n) is 21.8. The zero-order valence-corrected chi connectivity index (χ0v) is 24.2. The van der Waals surface area contributed by atoms with Crippen LogP contribution in [0, 0.1) is 0 Å². The first-order valence-corrected chi connectivity index (χ1v) is 14.6. The predicted molar refractivity (Wildman–Crippen MR) is 149 cm³/mol. The first-order chi connectivity index (χ1) is 17.4. The largest absolute Gasteiger partial charge is 0.495 e. The SMILES string of the molecule is CCC(C)NC(=O)C(C)N(Cc1ccc(Cl)cc1)C(=O)CCCN(c1ccc(OC)c(Cl)c1)S(C)(=O)=O. The number of nitrogens with zero attached hydrogens (tertiary/aromatic N) is 2. The highest BCUT2D eigenvalue weighted by molar-refractivity contribution is 7.92. The summed E-state index contributed by atoms with van der Waals surface area (Å²) in [7, 11) is -2.17. The Balaban J connectivity index is 2.19. The molecular weight excluding hydrogens is 537 g/mol. The molecule has 0 saturated carbocycles. The molecular formula is C26H35Cl2N3O5S. The van der Waals surface area contributed by atoms with Crippen LogP contribution in [0.1, 0.15) is 45.6 Å². The van der Waals surface area contributed by atoms with Crippen LogP contribution in [0.5, 0.6) is 5.75 Å². The lowest BCUT2D eigenvalue weighted by Crippen LogP contribution is -2.49. The number of hydrogen-bond acceptors (Lipinski definition) is 5. The molecule has 0 saturated heterocycles. The molecule has 8 nitrogen and oxygen atoms in total. The van der Waals surface area contributed by atoms with Gasteiger partial charge in [-0.2, -0.15) is 0 Å². The quantitative estimate of drug-likeness (QED) is 0.369. The molecule has 0 aromatic heterocycles. The normalized spacial score (nSPS) is 12.9. The van der Waals surface area contributed by atoms with Gasteiger partial charge in [-0.15, -0.1) is 0 Å². The summed E-state index contributed by atoms with van der Waals surface area (Å²) in [4.78, 5) is 27.7. The van der Waals surface area contributed by atoms with E-state index in [0.29, 0.717) is 16.5 Å². The molecule has 37 heavy (non-hydrogen) atoms. The Hall–Kier alpha value is -2.49. The molecule has 0 heterocycles. The van der Waals surface area contributed by atoms with Crippen LogP contribution in [0.2, 0.25) is 10.0 Å². The third-order valence-electron chi connectivity index (χ3n) is 6.01. The van der Waals surface area contributed by atoms with Crippen molar-refractivity contribution >= 4 is 50.7 Å². The number of nitrogens with one attached hydrogen (secondary N) is 1. The molecule has 0 bridgehead atoms. The molecule has 2 aromatic carbocycles. The van der Waals surface area contributed by atoms with Crippen LogP contribution in [-0.2, 0) is 26.2 Å². The lowest BCUT2D eigenvalue weighted by atomic mass is 10.1. The Bertz CT molecular complexity index is 1180. The summed E-state index contributed by atoms with van der Waals surface area (Å²) in [6.45, 7) is 5.84. The topological polar surface area (TPSA) is 96.0 Å². The summed E-state index contributed by atoms with van der Waals surface area (Å²) in [5.74, 6) is -0.0817. The number of methoxy groups -OCH3 is 1. The first-order valence-electron chi connectivity index (χ1n) is 12.0. The summed E-state index contributed by atoms with van der Waals surface area (Å²) in [5, 5.41) is 3.78. The number of ether oxygens (including phenoxy) is 1. The summed E-state index contributed by atoms with van der Waals surface area (Å²) in [6.07, 6.45) is 2.15. The monoisotopic (exact) mass is 571 g/mol. The molecule has 204 valence electrons. The van der Waals surface area contributed by atoms with Crippen LogP contribution in [0.3, 0.4) is 0 Å². The van der Waals surface area contributed by atoms with Gasteiger partial charge in [0.15, 0.2) is 0 Å². The van der Waals surface area contributed by atoms with Gasteiger partial charge < -0.3 is 15.0 Å². The van der Waals surface area contributed by atoms with Crippen molar-refractivity contribution in [2.75, 3.05) is 24.2 Å². The van der Waals surface area contributed by atoms with Crippen molar-refractivity contribution in [1.29, 1.82) is 0 Å². The van der Waals surface area contributed by atoms with Crippen molar-refractivity contribution < 1.29 is 22.7 Å². The lowest BCUT2D eigenvalue weighted by Gasteiger charge is -2.30. The van der Waals surface area contributed by atoms with E-state index in [0.717, 1.165) is 18.2 Å². The van der Waals surface area contributed by atoms with Crippen molar-refractivity contribution in [3.05, 3.63) is 58.1 Å². The second-order valence-corrected chi connectivity index (χ2v) is 11.6. The highest BCUT2D eigenvalue weighted by atomic mass is 35.5. The van der Waals surface area contributed by atoms with E-state index >= 15 is 0 Å². The Morgan fingerprint density at radius 2 is 1.73 bits per heavy atom. The molecule has 0 aliphatic heterocycles. The van der Waals surface area contributed by atoms with E-state index in [4.69, 9.17) is 27.9 Å². The number of carbonyl (C=O) groups excluding carboxylic acids is 2. The number of rotatable bonds is 13. The molecule has 0 aliphatic rings. The van der Waals surface area contributed by atoms with E-state index in [-0.39, 0.29) is 48.8 Å². The fraction of sp³-hybridized carbons (Fsp3) is 0.462. The summed E-state index contributed by atoms with van der Waals surface area (Å²) < 4.78 is 31.3. The summed E-state index contributed by atoms with van der Waals surface area (Å²) in [6, 6.07) is 11.0. The molecule has 0 radical (unpaired) electrons. The maximum absolute atomic E-state index is 13.3. The van der Waals surface area contributed by atoms with Gasteiger partial charge in [0.2, 0.25) is 21.8 Å². The third-order valence-corrected chi connectivity index (χ3v) is 7.75. The van der Waals surface area contributed by atoms with Crippen molar-refractivity contribution in [3.63, 3.8) is 0 Å². The number of halogens is 2. The van der Waals surface area contributed by atoms with Crippen LogP contribution in [0.4, 0.5) is 5.69 Å². The van der Waals surface area contributed by atoms with Gasteiger partial charge in [-0.3, -0.25) is 13.9 Å². The average molecular weight is 573 g/mol. The fourth-order valence-corrected chi connectivity index (χ4v) is 4.98. The van der Waals surface area contributed by atoms with E-state index in [1.165, 1.54) is 22.4 Å². The van der Waals surface area contributed by atoms with Gasteiger partial charge in [0.25, 0.3) is 0 Å². The molecule has 0 spiro atoms.